The first-order valence-electron chi connectivity index (χ1n) is 7.88. The van der Waals surface area contributed by atoms with Crippen molar-refractivity contribution < 1.29 is 22.9 Å². The predicted octanol–water partition coefficient (Wildman–Crippen LogP) is 0.773. The molecule has 0 atom stereocenters. The summed E-state index contributed by atoms with van der Waals surface area (Å²) in [7, 11) is -3.86. The van der Waals surface area contributed by atoms with Crippen LogP contribution in [0.15, 0.2) is 23.1 Å². The van der Waals surface area contributed by atoms with E-state index in [2.05, 4.69) is 0 Å². The molecule has 138 valence electrons. The fraction of sp³-hybridized carbons (Fsp3) is 0.533. The molecular formula is C15H21N3O6S. The Bertz CT molecular complexity index is 757. The van der Waals surface area contributed by atoms with E-state index >= 15 is 0 Å². The van der Waals surface area contributed by atoms with E-state index in [-0.39, 0.29) is 49.3 Å². The van der Waals surface area contributed by atoms with Gasteiger partial charge in [-0.15, -0.1) is 0 Å². The van der Waals surface area contributed by atoms with E-state index in [0.717, 1.165) is 6.07 Å². The number of piperazine rings is 1. The lowest BCUT2D eigenvalue weighted by Crippen LogP contribution is -2.51. The second-order valence-corrected chi connectivity index (χ2v) is 7.54. The highest BCUT2D eigenvalue weighted by atomic mass is 32.2. The zero-order chi connectivity index (χ0) is 18.6. The zero-order valence-corrected chi connectivity index (χ0v) is 15.0. The number of ether oxygens (including phenoxy) is 1. The number of carbonyl (C=O) groups excluding carboxylic acids is 1. The Labute approximate surface area is 146 Å². The van der Waals surface area contributed by atoms with Crippen LogP contribution in [0.4, 0.5) is 5.69 Å². The fourth-order valence-electron chi connectivity index (χ4n) is 2.58. The van der Waals surface area contributed by atoms with E-state index in [1.807, 2.05) is 0 Å². The number of benzene rings is 1. The minimum Gasteiger partial charge on any atom is -0.372 e. The molecule has 1 amide bonds. The van der Waals surface area contributed by atoms with Gasteiger partial charge in [0.05, 0.1) is 9.82 Å². The van der Waals surface area contributed by atoms with Gasteiger partial charge in [-0.2, -0.15) is 4.31 Å². The predicted molar refractivity (Wildman–Crippen MR) is 89.7 cm³/mol. The smallest absolute Gasteiger partial charge is 0.270 e. The average molecular weight is 371 g/mol. The van der Waals surface area contributed by atoms with Gasteiger partial charge in [0.1, 0.15) is 6.61 Å². The van der Waals surface area contributed by atoms with Crippen molar-refractivity contribution in [3.05, 3.63) is 33.9 Å². The summed E-state index contributed by atoms with van der Waals surface area (Å²) >= 11 is 0. The Morgan fingerprint density at radius 1 is 1.28 bits per heavy atom. The minimum absolute atomic E-state index is 0.0206. The highest BCUT2D eigenvalue weighted by Crippen LogP contribution is 2.25. The van der Waals surface area contributed by atoms with Crippen molar-refractivity contribution in [1.82, 2.24) is 9.21 Å². The van der Waals surface area contributed by atoms with Gasteiger partial charge in [-0.25, -0.2) is 8.42 Å². The number of sulfonamides is 1. The fourth-order valence-corrected chi connectivity index (χ4v) is 4.24. The summed E-state index contributed by atoms with van der Waals surface area (Å²) in [5.41, 5.74) is 0.176. The average Bonchev–Trinajstić information content (AvgIpc) is 2.59. The number of nitro groups is 1. The maximum Gasteiger partial charge on any atom is 0.270 e. The number of non-ortho nitro benzene ring substituents is 1. The summed E-state index contributed by atoms with van der Waals surface area (Å²) < 4.78 is 31.9. The van der Waals surface area contributed by atoms with Crippen LogP contribution in [0.25, 0.3) is 0 Å². The Morgan fingerprint density at radius 2 is 1.92 bits per heavy atom. The van der Waals surface area contributed by atoms with Gasteiger partial charge in [0.25, 0.3) is 5.69 Å². The van der Waals surface area contributed by atoms with E-state index in [1.54, 1.807) is 18.7 Å². The molecule has 0 N–H and O–H groups in total. The van der Waals surface area contributed by atoms with E-state index in [1.165, 1.54) is 16.4 Å². The topological polar surface area (TPSA) is 110 Å². The molecule has 9 nitrogen and oxygen atoms in total. The normalized spacial score (nSPS) is 16.0. The molecule has 0 saturated carbocycles. The molecule has 25 heavy (non-hydrogen) atoms. The van der Waals surface area contributed by atoms with Gasteiger partial charge >= 0.3 is 0 Å². The number of carbonyl (C=O) groups is 1. The SMILES string of the molecule is CCOCC(=O)N1CCN(S(=O)(=O)c2cc([N+](=O)[O-])ccc2C)CC1. The molecule has 1 aliphatic heterocycles. The van der Waals surface area contributed by atoms with Crippen molar-refractivity contribution >= 4 is 21.6 Å². The van der Waals surface area contributed by atoms with Crippen LogP contribution >= 0.6 is 0 Å². The van der Waals surface area contributed by atoms with Crippen LogP contribution in [0.1, 0.15) is 12.5 Å². The summed E-state index contributed by atoms with van der Waals surface area (Å²) in [4.78, 5) is 23.7. The second kappa shape index (κ2) is 7.89. The summed E-state index contributed by atoms with van der Waals surface area (Å²) in [6, 6.07) is 3.78. The van der Waals surface area contributed by atoms with Crippen molar-refractivity contribution in [2.24, 2.45) is 0 Å². The van der Waals surface area contributed by atoms with E-state index in [4.69, 9.17) is 4.74 Å². The number of aryl methyl sites for hydroxylation is 1. The third-order valence-corrected chi connectivity index (χ3v) is 6.06. The number of nitro benzene ring substituents is 1. The van der Waals surface area contributed by atoms with E-state index < -0.39 is 14.9 Å². The first kappa shape index (κ1) is 19.3. The Balaban J connectivity index is 2.13. The molecule has 0 aliphatic carbocycles. The Morgan fingerprint density at radius 3 is 2.48 bits per heavy atom. The molecule has 1 aromatic rings. The maximum atomic E-state index is 12.8. The molecule has 10 heteroatoms. The summed E-state index contributed by atoms with van der Waals surface area (Å²) in [6.45, 7) is 4.61. The zero-order valence-electron chi connectivity index (χ0n) is 14.2. The molecule has 0 radical (unpaired) electrons. The lowest BCUT2D eigenvalue weighted by atomic mass is 10.2. The lowest BCUT2D eigenvalue weighted by molar-refractivity contribution is -0.385. The summed E-state index contributed by atoms with van der Waals surface area (Å²) in [5.74, 6) is -0.176. The third kappa shape index (κ3) is 4.33. The number of amides is 1. The van der Waals surface area contributed by atoms with Crippen molar-refractivity contribution in [2.75, 3.05) is 39.4 Å². The highest BCUT2D eigenvalue weighted by molar-refractivity contribution is 7.89. The number of nitrogens with zero attached hydrogens (tertiary/aromatic N) is 3. The first-order valence-corrected chi connectivity index (χ1v) is 9.32. The maximum absolute atomic E-state index is 12.8. The van der Waals surface area contributed by atoms with Gasteiger partial charge in [-0.3, -0.25) is 14.9 Å². The molecule has 1 heterocycles. The van der Waals surface area contributed by atoms with Crippen LogP contribution in [0.2, 0.25) is 0 Å². The van der Waals surface area contributed by atoms with Gasteiger partial charge in [-0.1, -0.05) is 6.07 Å². The molecular weight excluding hydrogens is 350 g/mol. The Hall–Kier alpha value is -2.04. The third-order valence-electron chi connectivity index (χ3n) is 4.02. The summed E-state index contributed by atoms with van der Waals surface area (Å²) in [5, 5.41) is 10.9. The van der Waals surface area contributed by atoms with Crippen LogP contribution in [0.3, 0.4) is 0 Å². The number of hydrogen-bond acceptors (Lipinski definition) is 6. The van der Waals surface area contributed by atoms with Crippen molar-refractivity contribution in [3.63, 3.8) is 0 Å². The molecule has 0 bridgehead atoms. The number of rotatable bonds is 6. The van der Waals surface area contributed by atoms with Gasteiger partial charge in [-0.05, 0) is 19.4 Å². The van der Waals surface area contributed by atoms with E-state index in [0.29, 0.717) is 12.2 Å². The molecule has 1 aromatic carbocycles. The molecule has 0 aromatic heterocycles. The molecule has 1 saturated heterocycles. The van der Waals surface area contributed by atoms with Crippen molar-refractivity contribution in [2.45, 2.75) is 18.7 Å². The molecule has 0 spiro atoms. The molecule has 1 fully saturated rings. The lowest BCUT2D eigenvalue weighted by Gasteiger charge is -2.34. The van der Waals surface area contributed by atoms with Crippen LogP contribution in [0.5, 0.6) is 0 Å². The van der Waals surface area contributed by atoms with Crippen LogP contribution < -0.4 is 0 Å². The van der Waals surface area contributed by atoms with E-state index in [9.17, 15) is 23.3 Å². The first-order chi connectivity index (χ1) is 11.8. The van der Waals surface area contributed by atoms with Crippen molar-refractivity contribution in [3.8, 4) is 0 Å². The van der Waals surface area contributed by atoms with Crippen LogP contribution in [-0.2, 0) is 19.6 Å². The van der Waals surface area contributed by atoms with Crippen LogP contribution in [-0.4, -0.2) is 67.8 Å². The van der Waals surface area contributed by atoms with Gasteiger partial charge in [0.15, 0.2) is 0 Å². The monoisotopic (exact) mass is 371 g/mol. The van der Waals surface area contributed by atoms with Gasteiger partial charge in [0.2, 0.25) is 15.9 Å². The Kier molecular flexibility index (Phi) is 6.09. The van der Waals surface area contributed by atoms with Crippen molar-refractivity contribution in [1.29, 1.82) is 0 Å². The standard InChI is InChI=1S/C15H21N3O6S/c1-3-24-11-15(19)16-6-8-17(9-7-16)25(22,23)14-10-13(18(20)21)5-4-12(14)2/h4-5,10H,3,6-9,11H2,1-2H3. The number of hydrogen-bond donors (Lipinski definition) is 0. The molecule has 0 unspecified atom stereocenters. The quantitative estimate of drug-likeness (QED) is 0.540. The largest absolute Gasteiger partial charge is 0.372 e. The second-order valence-electron chi connectivity index (χ2n) is 5.63. The molecule has 2 rings (SSSR count). The molecule has 1 aliphatic rings. The highest BCUT2D eigenvalue weighted by Gasteiger charge is 2.32. The summed E-state index contributed by atoms with van der Waals surface area (Å²) in [6.07, 6.45) is 0. The van der Waals surface area contributed by atoms with Crippen LogP contribution in [0, 0.1) is 17.0 Å². The minimum atomic E-state index is -3.86. The van der Waals surface area contributed by atoms with Gasteiger partial charge < -0.3 is 9.64 Å². The van der Waals surface area contributed by atoms with Gasteiger partial charge in [0, 0.05) is 44.9 Å².